The molecule has 2 heterocycles. The van der Waals surface area contributed by atoms with Gasteiger partial charge in [-0.25, -0.2) is 0 Å². The number of hydrogen-bond donors (Lipinski definition) is 1. The van der Waals surface area contributed by atoms with Gasteiger partial charge in [0.05, 0.1) is 6.04 Å². The first kappa shape index (κ1) is 16.0. The fraction of sp³-hybridized carbons (Fsp3) is 0.688. The van der Waals surface area contributed by atoms with Gasteiger partial charge in [0.15, 0.2) is 0 Å². The van der Waals surface area contributed by atoms with E-state index in [1.165, 1.54) is 12.8 Å². The van der Waals surface area contributed by atoms with Crippen molar-refractivity contribution >= 4 is 5.91 Å². The molecule has 1 atom stereocenters. The molecule has 2 rings (SSSR count). The van der Waals surface area contributed by atoms with Crippen molar-refractivity contribution in [3.8, 4) is 0 Å². The van der Waals surface area contributed by atoms with Crippen LogP contribution in [0.15, 0.2) is 16.5 Å². The summed E-state index contributed by atoms with van der Waals surface area (Å²) < 4.78 is 5.79. The summed E-state index contributed by atoms with van der Waals surface area (Å²) in [6.45, 7) is 5.52. The largest absolute Gasteiger partial charge is 0.465 e. The molecule has 1 aromatic heterocycles. The minimum atomic E-state index is 0.108. The van der Waals surface area contributed by atoms with Crippen LogP contribution in [0.3, 0.4) is 0 Å². The molecule has 1 aliphatic heterocycles. The van der Waals surface area contributed by atoms with Gasteiger partial charge in [-0.1, -0.05) is 0 Å². The van der Waals surface area contributed by atoms with Gasteiger partial charge < -0.3 is 14.6 Å². The molecule has 118 valence electrons. The van der Waals surface area contributed by atoms with E-state index in [1.807, 2.05) is 38.1 Å². The van der Waals surface area contributed by atoms with E-state index >= 15 is 0 Å². The van der Waals surface area contributed by atoms with Crippen molar-refractivity contribution in [2.75, 3.05) is 40.3 Å². The van der Waals surface area contributed by atoms with Crippen molar-refractivity contribution in [3.63, 3.8) is 0 Å². The van der Waals surface area contributed by atoms with Crippen LogP contribution < -0.4 is 5.32 Å². The molecule has 5 heteroatoms. The first-order valence-corrected chi connectivity index (χ1v) is 7.78. The summed E-state index contributed by atoms with van der Waals surface area (Å²) in [7, 11) is 3.96. The summed E-state index contributed by atoms with van der Waals surface area (Å²) in [4.78, 5) is 16.3. The lowest BCUT2D eigenvalue weighted by Crippen LogP contribution is -2.37. The molecular weight excluding hydrogens is 266 g/mol. The number of amides is 1. The molecule has 0 bridgehead atoms. The van der Waals surface area contributed by atoms with Crippen LogP contribution in [0.2, 0.25) is 0 Å². The zero-order chi connectivity index (χ0) is 15.2. The number of carbonyl (C=O) groups is 1. The zero-order valence-corrected chi connectivity index (χ0v) is 13.4. The minimum absolute atomic E-state index is 0.108. The predicted octanol–water partition coefficient (Wildman–Crippen LogP) is 1.79. The molecule has 0 unspecified atom stereocenters. The smallest absolute Gasteiger partial charge is 0.221 e. The van der Waals surface area contributed by atoms with Gasteiger partial charge in [-0.15, -0.1) is 0 Å². The number of nitrogens with zero attached hydrogens (tertiary/aromatic N) is 2. The maximum Gasteiger partial charge on any atom is 0.221 e. The standard InChI is InChI=1S/C16H27N3O2/c1-13-6-7-15(21-13)14(19-9-4-5-10-19)12-17-16(20)8-11-18(2)3/h6-7,14H,4-5,8-12H2,1-3H3,(H,17,20)/t14-/m1/s1. The molecule has 0 aromatic carbocycles. The molecule has 1 N–H and O–H groups in total. The highest BCUT2D eigenvalue weighted by atomic mass is 16.3. The summed E-state index contributed by atoms with van der Waals surface area (Å²) in [6, 6.07) is 4.18. The molecule has 1 amide bonds. The molecule has 1 aromatic rings. The van der Waals surface area contributed by atoms with Crippen molar-refractivity contribution in [2.45, 2.75) is 32.2 Å². The highest BCUT2D eigenvalue weighted by Gasteiger charge is 2.26. The van der Waals surface area contributed by atoms with Crippen molar-refractivity contribution in [1.82, 2.24) is 15.1 Å². The average Bonchev–Trinajstić information content (AvgIpc) is 3.09. The Bertz CT molecular complexity index is 450. The van der Waals surface area contributed by atoms with Gasteiger partial charge in [0.2, 0.25) is 5.91 Å². The van der Waals surface area contributed by atoms with Gasteiger partial charge >= 0.3 is 0 Å². The minimum Gasteiger partial charge on any atom is -0.465 e. The van der Waals surface area contributed by atoms with E-state index in [0.717, 1.165) is 31.2 Å². The van der Waals surface area contributed by atoms with Gasteiger partial charge in [-0.3, -0.25) is 9.69 Å². The second kappa shape index (κ2) is 7.61. The van der Waals surface area contributed by atoms with Crippen LogP contribution in [0.1, 0.15) is 36.8 Å². The van der Waals surface area contributed by atoms with Crippen LogP contribution >= 0.6 is 0 Å². The Balaban J connectivity index is 1.91. The zero-order valence-electron chi connectivity index (χ0n) is 13.4. The van der Waals surface area contributed by atoms with Crippen LogP contribution in [-0.2, 0) is 4.79 Å². The summed E-state index contributed by atoms with van der Waals surface area (Å²) in [6.07, 6.45) is 2.99. The molecule has 0 spiro atoms. The molecule has 1 saturated heterocycles. The molecule has 1 fully saturated rings. The van der Waals surface area contributed by atoms with Gasteiger partial charge in [-0.05, 0) is 59.1 Å². The Labute approximate surface area is 127 Å². The van der Waals surface area contributed by atoms with E-state index in [9.17, 15) is 4.79 Å². The van der Waals surface area contributed by atoms with E-state index in [-0.39, 0.29) is 11.9 Å². The van der Waals surface area contributed by atoms with E-state index in [0.29, 0.717) is 13.0 Å². The highest BCUT2D eigenvalue weighted by Crippen LogP contribution is 2.26. The van der Waals surface area contributed by atoms with Crippen molar-refractivity contribution < 1.29 is 9.21 Å². The molecule has 1 aliphatic rings. The Hall–Kier alpha value is -1.33. The summed E-state index contributed by atoms with van der Waals surface area (Å²) in [5, 5.41) is 3.06. The van der Waals surface area contributed by atoms with Crippen molar-refractivity contribution in [1.29, 1.82) is 0 Å². The monoisotopic (exact) mass is 293 g/mol. The number of nitrogens with one attached hydrogen (secondary N) is 1. The van der Waals surface area contributed by atoms with Crippen LogP contribution in [0.4, 0.5) is 0 Å². The van der Waals surface area contributed by atoms with Crippen LogP contribution in [0, 0.1) is 6.92 Å². The second-order valence-electron chi connectivity index (χ2n) is 6.06. The second-order valence-corrected chi connectivity index (χ2v) is 6.06. The Morgan fingerprint density at radius 3 is 2.67 bits per heavy atom. The number of hydrogen-bond acceptors (Lipinski definition) is 4. The summed E-state index contributed by atoms with van der Waals surface area (Å²) in [5.74, 6) is 1.99. The SMILES string of the molecule is Cc1ccc([C@@H](CNC(=O)CCN(C)C)N2CCCC2)o1. The normalized spacial score (nSPS) is 17.3. The lowest BCUT2D eigenvalue weighted by Gasteiger charge is -2.26. The maximum absolute atomic E-state index is 11.9. The van der Waals surface area contributed by atoms with Crippen LogP contribution in [0.5, 0.6) is 0 Å². The Morgan fingerprint density at radius 1 is 1.38 bits per heavy atom. The first-order valence-electron chi connectivity index (χ1n) is 7.78. The third-order valence-electron chi connectivity index (χ3n) is 3.95. The number of rotatable bonds is 7. The van der Waals surface area contributed by atoms with E-state index in [2.05, 4.69) is 10.2 Å². The molecule has 0 saturated carbocycles. The van der Waals surface area contributed by atoms with Gasteiger partial charge in [0.25, 0.3) is 0 Å². The number of aryl methyl sites for hydroxylation is 1. The Morgan fingerprint density at radius 2 is 2.10 bits per heavy atom. The Kier molecular flexibility index (Phi) is 5.82. The fourth-order valence-corrected chi connectivity index (χ4v) is 2.72. The van der Waals surface area contributed by atoms with Gasteiger partial charge in [0.1, 0.15) is 11.5 Å². The lowest BCUT2D eigenvalue weighted by molar-refractivity contribution is -0.121. The quantitative estimate of drug-likeness (QED) is 0.833. The summed E-state index contributed by atoms with van der Waals surface area (Å²) >= 11 is 0. The number of carbonyl (C=O) groups excluding carboxylic acids is 1. The third-order valence-corrected chi connectivity index (χ3v) is 3.95. The maximum atomic E-state index is 11.9. The molecule has 0 aliphatic carbocycles. The highest BCUT2D eigenvalue weighted by molar-refractivity contribution is 5.76. The van der Waals surface area contributed by atoms with Crippen molar-refractivity contribution in [3.05, 3.63) is 23.7 Å². The third kappa shape index (κ3) is 4.86. The molecular formula is C16H27N3O2. The molecule has 21 heavy (non-hydrogen) atoms. The van der Waals surface area contributed by atoms with E-state index in [1.54, 1.807) is 0 Å². The fourth-order valence-electron chi connectivity index (χ4n) is 2.72. The van der Waals surface area contributed by atoms with Crippen LogP contribution in [-0.4, -0.2) is 56.0 Å². The first-order chi connectivity index (χ1) is 10.1. The lowest BCUT2D eigenvalue weighted by atomic mass is 10.2. The van der Waals surface area contributed by atoms with Gasteiger partial charge in [-0.2, -0.15) is 0 Å². The van der Waals surface area contributed by atoms with Gasteiger partial charge in [0, 0.05) is 19.5 Å². The van der Waals surface area contributed by atoms with Crippen LogP contribution in [0.25, 0.3) is 0 Å². The average molecular weight is 293 g/mol. The molecule has 5 nitrogen and oxygen atoms in total. The number of likely N-dealkylation sites (tertiary alicyclic amines) is 1. The summed E-state index contributed by atoms with van der Waals surface area (Å²) in [5.41, 5.74) is 0. The van der Waals surface area contributed by atoms with E-state index in [4.69, 9.17) is 4.42 Å². The topological polar surface area (TPSA) is 48.7 Å². The predicted molar refractivity (Wildman–Crippen MR) is 83.2 cm³/mol. The van der Waals surface area contributed by atoms with Crippen molar-refractivity contribution in [2.24, 2.45) is 0 Å². The number of furan rings is 1. The van der Waals surface area contributed by atoms with E-state index < -0.39 is 0 Å². The molecule has 0 radical (unpaired) electrons.